The first-order chi connectivity index (χ1) is 7.44. The Morgan fingerprint density at radius 3 is 2.75 bits per heavy atom. The minimum atomic E-state index is -1.04. The molecule has 4 nitrogen and oxygen atoms in total. The summed E-state index contributed by atoms with van der Waals surface area (Å²) in [6.07, 6.45) is 0.872. The first-order valence-corrected chi connectivity index (χ1v) is 5.94. The molecule has 0 radical (unpaired) electrons. The number of aromatic carboxylic acids is 1. The zero-order valence-corrected chi connectivity index (χ0v) is 10.5. The van der Waals surface area contributed by atoms with Crippen molar-refractivity contribution in [1.82, 2.24) is 0 Å². The SMILES string of the molecule is COC(C)(C)CCSc1ccc(C(=O)O)o1. The fourth-order valence-electron chi connectivity index (χ4n) is 1.01. The van der Waals surface area contributed by atoms with Crippen LogP contribution in [0.4, 0.5) is 0 Å². The Morgan fingerprint density at radius 1 is 1.56 bits per heavy atom. The van der Waals surface area contributed by atoms with Crippen LogP contribution in [0.5, 0.6) is 0 Å². The number of thioether (sulfide) groups is 1. The summed E-state index contributed by atoms with van der Waals surface area (Å²) >= 11 is 1.49. The third-order valence-corrected chi connectivity index (χ3v) is 3.21. The lowest BCUT2D eigenvalue weighted by molar-refractivity contribution is 0.0206. The van der Waals surface area contributed by atoms with Gasteiger partial charge in [-0.25, -0.2) is 4.79 Å². The summed E-state index contributed by atoms with van der Waals surface area (Å²) in [6.45, 7) is 4.02. The predicted octanol–water partition coefficient (Wildman–Crippen LogP) is 2.89. The summed E-state index contributed by atoms with van der Waals surface area (Å²) in [7, 11) is 1.68. The van der Waals surface area contributed by atoms with Gasteiger partial charge in [0.1, 0.15) is 0 Å². The number of carbonyl (C=O) groups is 1. The van der Waals surface area contributed by atoms with Gasteiger partial charge in [0.25, 0.3) is 0 Å². The van der Waals surface area contributed by atoms with Gasteiger partial charge in [0, 0.05) is 12.9 Å². The molecule has 0 amide bonds. The van der Waals surface area contributed by atoms with E-state index in [1.165, 1.54) is 17.8 Å². The minimum absolute atomic E-state index is 0.0199. The zero-order chi connectivity index (χ0) is 12.2. The molecule has 0 aliphatic heterocycles. The van der Waals surface area contributed by atoms with Crippen LogP contribution in [0, 0.1) is 0 Å². The largest absolute Gasteiger partial charge is 0.475 e. The fourth-order valence-corrected chi connectivity index (χ4v) is 2.12. The summed E-state index contributed by atoms with van der Waals surface area (Å²) in [6, 6.07) is 3.14. The van der Waals surface area contributed by atoms with Gasteiger partial charge in [-0.1, -0.05) is 11.8 Å². The molecule has 0 saturated carbocycles. The summed E-state index contributed by atoms with van der Waals surface area (Å²) < 4.78 is 10.4. The normalized spacial score (nSPS) is 11.7. The van der Waals surface area contributed by atoms with Crippen LogP contribution in [0.15, 0.2) is 21.6 Å². The second-order valence-electron chi connectivity index (χ2n) is 3.99. The first-order valence-electron chi connectivity index (χ1n) is 4.96. The molecule has 1 heterocycles. The highest BCUT2D eigenvalue weighted by Crippen LogP contribution is 2.25. The highest BCUT2D eigenvalue weighted by Gasteiger charge is 2.16. The maximum absolute atomic E-state index is 10.6. The van der Waals surface area contributed by atoms with Gasteiger partial charge in [0.2, 0.25) is 5.76 Å². The molecule has 1 rings (SSSR count). The summed E-state index contributed by atoms with van der Waals surface area (Å²) in [4.78, 5) is 10.6. The molecule has 1 N–H and O–H groups in total. The van der Waals surface area contributed by atoms with E-state index in [2.05, 4.69) is 0 Å². The molecular weight excluding hydrogens is 228 g/mol. The third-order valence-electron chi connectivity index (χ3n) is 2.29. The number of furan rings is 1. The number of carboxylic acids is 1. The molecule has 0 aromatic carbocycles. The van der Waals surface area contributed by atoms with E-state index in [0.717, 1.165) is 12.2 Å². The minimum Gasteiger partial charge on any atom is -0.475 e. The van der Waals surface area contributed by atoms with Gasteiger partial charge >= 0.3 is 5.97 Å². The van der Waals surface area contributed by atoms with E-state index in [9.17, 15) is 4.79 Å². The lowest BCUT2D eigenvalue weighted by atomic mass is 10.1. The average molecular weight is 244 g/mol. The van der Waals surface area contributed by atoms with Gasteiger partial charge in [-0.2, -0.15) is 0 Å². The summed E-state index contributed by atoms with van der Waals surface area (Å²) in [5.41, 5.74) is -0.158. The van der Waals surface area contributed by atoms with Crippen LogP contribution in [0.1, 0.15) is 30.8 Å². The Kier molecular flexibility index (Phi) is 4.44. The molecule has 16 heavy (non-hydrogen) atoms. The van der Waals surface area contributed by atoms with Gasteiger partial charge < -0.3 is 14.3 Å². The smallest absolute Gasteiger partial charge is 0.371 e. The van der Waals surface area contributed by atoms with E-state index in [1.54, 1.807) is 13.2 Å². The maximum Gasteiger partial charge on any atom is 0.371 e. The highest BCUT2D eigenvalue weighted by molar-refractivity contribution is 7.99. The number of methoxy groups -OCH3 is 1. The number of hydrogen-bond acceptors (Lipinski definition) is 4. The van der Waals surface area contributed by atoms with E-state index in [4.69, 9.17) is 14.3 Å². The Labute approximate surface area is 99.0 Å². The second-order valence-corrected chi connectivity index (χ2v) is 5.09. The van der Waals surface area contributed by atoms with Gasteiger partial charge in [-0.05, 0) is 32.4 Å². The average Bonchev–Trinajstić information content (AvgIpc) is 2.66. The van der Waals surface area contributed by atoms with E-state index in [0.29, 0.717) is 5.09 Å². The molecule has 0 atom stereocenters. The van der Waals surface area contributed by atoms with Crippen molar-refractivity contribution in [1.29, 1.82) is 0 Å². The van der Waals surface area contributed by atoms with Crippen LogP contribution in [0.25, 0.3) is 0 Å². The summed E-state index contributed by atoms with van der Waals surface area (Å²) in [5, 5.41) is 9.30. The number of ether oxygens (including phenoxy) is 1. The van der Waals surface area contributed by atoms with E-state index >= 15 is 0 Å². The van der Waals surface area contributed by atoms with Crippen molar-refractivity contribution in [2.24, 2.45) is 0 Å². The molecule has 0 saturated heterocycles. The molecule has 0 bridgehead atoms. The van der Waals surface area contributed by atoms with Gasteiger partial charge in [0.05, 0.1) is 5.60 Å². The molecule has 1 aromatic heterocycles. The van der Waals surface area contributed by atoms with E-state index < -0.39 is 5.97 Å². The van der Waals surface area contributed by atoms with E-state index in [-0.39, 0.29) is 11.4 Å². The first kappa shape index (κ1) is 13.1. The van der Waals surface area contributed by atoms with Crippen molar-refractivity contribution in [3.05, 3.63) is 17.9 Å². The molecule has 0 aliphatic rings. The van der Waals surface area contributed by atoms with Crippen molar-refractivity contribution in [2.75, 3.05) is 12.9 Å². The molecule has 0 fully saturated rings. The molecule has 1 aromatic rings. The Bertz CT molecular complexity index is 357. The van der Waals surface area contributed by atoms with Crippen molar-refractivity contribution in [3.8, 4) is 0 Å². The molecule has 0 aliphatic carbocycles. The predicted molar refractivity (Wildman–Crippen MR) is 62.1 cm³/mol. The van der Waals surface area contributed by atoms with Gasteiger partial charge in [-0.3, -0.25) is 0 Å². The van der Waals surface area contributed by atoms with Crippen molar-refractivity contribution >= 4 is 17.7 Å². The van der Waals surface area contributed by atoms with Crippen LogP contribution in [-0.4, -0.2) is 29.5 Å². The molecule has 90 valence electrons. The molecule has 0 spiro atoms. The van der Waals surface area contributed by atoms with Crippen LogP contribution >= 0.6 is 11.8 Å². The number of rotatable bonds is 6. The van der Waals surface area contributed by atoms with Gasteiger partial charge in [0.15, 0.2) is 5.09 Å². The van der Waals surface area contributed by atoms with E-state index in [1.807, 2.05) is 13.8 Å². The molecule has 0 unspecified atom stereocenters. The van der Waals surface area contributed by atoms with Crippen molar-refractivity contribution < 1.29 is 19.1 Å². The van der Waals surface area contributed by atoms with Crippen LogP contribution in [0.2, 0.25) is 0 Å². The monoisotopic (exact) mass is 244 g/mol. The standard InChI is InChI=1S/C11H16O4S/c1-11(2,14-3)6-7-16-9-5-4-8(15-9)10(12)13/h4-5H,6-7H2,1-3H3,(H,12,13). The van der Waals surface area contributed by atoms with Crippen LogP contribution in [0.3, 0.4) is 0 Å². The quantitative estimate of drug-likeness (QED) is 0.780. The summed E-state index contributed by atoms with van der Waals surface area (Å²) in [5.74, 6) is -0.231. The fraction of sp³-hybridized carbons (Fsp3) is 0.545. The second kappa shape index (κ2) is 5.41. The molecule has 5 heteroatoms. The Hall–Kier alpha value is -0.940. The Morgan fingerprint density at radius 2 is 2.25 bits per heavy atom. The zero-order valence-electron chi connectivity index (χ0n) is 9.65. The topological polar surface area (TPSA) is 59.7 Å². The maximum atomic E-state index is 10.6. The Balaban J connectivity index is 2.40. The lowest BCUT2D eigenvalue weighted by Crippen LogP contribution is -2.22. The lowest BCUT2D eigenvalue weighted by Gasteiger charge is -2.21. The number of hydrogen-bond donors (Lipinski definition) is 1. The third kappa shape index (κ3) is 3.90. The molecular formula is C11H16O4S. The van der Waals surface area contributed by atoms with Gasteiger partial charge in [-0.15, -0.1) is 0 Å². The van der Waals surface area contributed by atoms with Crippen LogP contribution < -0.4 is 0 Å². The van der Waals surface area contributed by atoms with Crippen molar-refractivity contribution in [3.63, 3.8) is 0 Å². The van der Waals surface area contributed by atoms with Crippen molar-refractivity contribution in [2.45, 2.75) is 31.0 Å². The highest BCUT2D eigenvalue weighted by atomic mass is 32.2. The number of carboxylic acid groups (broad SMARTS) is 1. The van der Waals surface area contributed by atoms with Crippen LogP contribution in [-0.2, 0) is 4.74 Å².